The second kappa shape index (κ2) is 4.82. The molecule has 1 atom stereocenters. The molecule has 4 saturated heterocycles. The Kier molecular flexibility index (Phi) is 2.84. The minimum Gasteiger partial charge on any atom is -0.439 e. The molecule has 1 spiro atoms. The third kappa shape index (κ3) is 2.03. The van der Waals surface area contributed by atoms with Gasteiger partial charge >= 0.3 is 6.09 Å². The molecule has 0 unspecified atom stereocenters. The molecular formula is C16H17N3O3S. The van der Waals surface area contributed by atoms with E-state index in [-0.39, 0.29) is 11.7 Å². The molecule has 4 aliphatic rings. The van der Waals surface area contributed by atoms with Crippen LogP contribution in [-0.2, 0) is 4.74 Å². The molecule has 4 aliphatic heterocycles. The zero-order valence-corrected chi connectivity index (χ0v) is 13.4. The number of anilines is 1. The number of hydrogen-bond acceptors (Lipinski definition) is 6. The van der Waals surface area contributed by atoms with Crippen molar-refractivity contribution in [2.24, 2.45) is 5.92 Å². The first kappa shape index (κ1) is 13.6. The number of ether oxygens (including phenoxy) is 1. The lowest BCUT2D eigenvalue weighted by Gasteiger charge is -2.49. The Morgan fingerprint density at radius 3 is 2.83 bits per heavy atom. The fraction of sp³-hybridized carbons (Fsp3) is 0.500. The van der Waals surface area contributed by atoms with Gasteiger partial charge in [0.15, 0.2) is 5.76 Å². The maximum absolute atomic E-state index is 12.4. The van der Waals surface area contributed by atoms with Gasteiger partial charge in [-0.3, -0.25) is 4.90 Å². The molecule has 2 aromatic rings. The Morgan fingerprint density at radius 2 is 2.13 bits per heavy atom. The number of rotatable bonds is 2. The fourth-order valence-corrected chi connectivity index (χ4v) is 4.67. The van der Waals surface area contributed by atoms with Crippen LogP contribution in [0.3, 0.4) is 0 Å². The molecule has 0 aromatic carbocycles. The molecule has 0 saturated carbocycles. The maximum atomic E-state index is 12.4. The highest BCUT2D eigenvalue weighted by atomic mass is 32.1. The van der Waals surface area contributed by atoms with Gasteiger partial charge in [0.1, 0.15) is 11.3 Å². The van der Waals surface area contributed by atoms with Gasteiger partial charge in [-0.1, -0.05) is 0 Å². The lowest BCUT2D eigenvalue weighted by molar-refractivity contribution is -0.0881. The van der Waals surface area contributed by atoms with E-state index in [9.17, 15) is 4.79 Å². The number of amides is 1. The lowest BCUT2D eigenvalue weighted by atomic mass is 9.75. The van der Waals surface area contributed by atoms with Crippen LogP contribution in [0, 0.1) is 5.92 Å². The number of aromatic nitrogens is 1. The van der Waals surface area contributed by atoms with Crippen LogP contribution < -0.4 is 4.90 Å². The SMILES string of the molecule is O=C1O[C@@]2(CN3CCC2CC3)CN1c1ccc(-c2cscn2)o1. The molecule has 23 heavy (non-hydrogen) atoms. The molecule has 6 heterocycles. The Morgan fingerprint density at radius 1 is 1.26 bits per heavy atom. The van der Waals surface area contributed by atoms with E-state index in [2.05, 4.69) is 9.88 Å². The van der Waals surface area contributed by atoms with E-state index in [4.69, 9.17) is 9.15 Å². The summed E-state index contributed by atoms with van der Waals surface area (Å²) in [6.07, 6.45) is 1.94. The van der Waals surface area contributed by atoms with Crippen LogP contribution in [0.4, 0.5) is 10.7 Å². The summed E-state index contributed by atoms with van der Waals surface area (Å²) < 4.78 is 11.7. The third-order valence-electron chi connectivity index (χ3n) is 5.30. The van der Waals surface area contributed by atoms with Gasteiger partial charge in [-0.25, -0.2) is 14.7 Å². The molecular weight excluding hydrogens is 314 g/mol. The largest absolute Gasteiger partial charge is 0.439 e. The first-order valence-corrected chi connectivity index (χ1v) is 8.89. The van der Waals surface area contributed by atoms with Crippen LogP contribution >= 0.6 is 11.3 Å². The Labute approximate surface area is 137 Å². The molecule has 0 N–H and O–H groups in total. The van der Waals surface area contributed by atoms with E-state index in [1.807, 2.05) is 17.5 Å². The molecule has 2 aromatic heterocycles. The van der Waals surface area contributed by atoms with Crippen molar-refractivity contribution >= 4 is 23.3 Å². The van der Waals surface area contributed by atoms with Gasteiger partial charge in [-0.05, 0) is 32.0 Å². The summed E-state index contributed by atoms with van der Waals surface area (Å²) in [7, 11) is 0. The van der Waals surface area contributed by atoms with E-state index in [0.29, 0.717) is 24.1 Å². The van der Waals surface area contributed by atoms with Gasteiger partial charge < -0.3 is 9.15 Å². The van der Waals surface area contributed by atoms with Gasteiger partial charge in [0.2, 0.25) is 5.88 Å². The summed E-state index contributed by atoms with van der Waals surface area (Å²) in [5, 5.41) is 1.93. The summed E-state index contributed by atoms with van der Waals surface area (Å²) in [6, 6.07) is 3.69. The van der Waals surface area contributed by atoms with Crippen molar-refractivity contribution in [3.63, 3.8) is 0 Å². The topological polar surface area (TPSA) is 58.8 Å². The number of thiazole rings is 1. The number of carbonyl (C=O) groups is 1. The number of nitrogens with zero attached hydrogens (tertiary/aromatic N) is 3. The number of fused-ring (bicyclic) bond motifs is 2. The number of furan rings is 1. The van der Waals surface area contributed by atoms with Gasteiger partial charge in [0, 0.05) is 23.9 Å². The second-order valence-corrected chi connectivity index (χ2v) is 7.30. The minimum absolute atomic E-state index is 0.294. The monoisotopic (exact) mass is 331 g/mol. The lowest BCUT2D eigenvalue weighted by Crippen LogP contribution is -2.61. The van der Waals surface area contributed by atoms with E-state index < -0.39 is 0 Å². The first-order chi connectivity index (χ1) is 11.2. The Bertz CT molecular complexity index is 736. The van der Waals surface area contributed by atoms with E-state index in [0.717, 1.165) is 38.2 Å². The van der Waals surface area contributed by atoms with Crippen molar-refractivity contribution < 1.29 is 13.9 Å². The number of piperidine rings is 3. The van der Waals surface area contributed by atoms with Crippen LogP contribution in [0.15, 0.2) is 27.4 Å². The summed E-state index contributed by atoms with van der Waals surface area (Å²) in [4.78, 5) is 20.7. The summed E-state index contributed by atoms with van der Waals surface area (Å²) >= 11 is 1.52. The van der Waals surface area contributed by atoms with Crippen molar-refractivity contribution in [1.82, 2.24) is 9.88 Å². The number of hydrogen-bond donors (Lipinski definition) is 0. The van der Waals surface area contributed by atoms with Crippen LogP contribution in [-0.4, -0.2) is 47.8 Å². The molecule has 1 amide bonds. The summed E-state index contributed by atoms with van der Waals surface area (Å²) in [5.74, 6) is 1.70. The molecule has 6 nitrogen and oxygen atoms in total. The van der Waals surface area contributed by atoms with Crippen LogP contribution in [0.5, 0.6) is 0 Å². The van der Waals surface area contributed by atoms with E-state index in [1.165, 1.54) is 11.3 Å². The van der Waals surface area contributed by atoms with Crippen molar-refractivity contribution in [1.29, 1.82) is 0 Å². The standard InChI is InChI=1S/C16H17N3O3S/c20-15-19(14-2-1-13(21-14)12-7-23-10-17-12)9-16(22-15)8-18-5-3-11(16)4-6-18/h1-2,7,10-11H,3-6,8-9H2/t16-/m0/s1. The Hall–Kier alpha value is -1.86. The second-order valence-electron chi connectivity index (χ2n) is 6.58. The van der Waals surface area contributed by atoms with Crippen LogP contribution in [0.1, 0.15) is 12.8 Å². The van der Waals surface area contributed by atoms with Crippen molar-refractivity contribution in [2.75, 3.05) is 31.1 Å². The highest BCUT2D eigenvalue weighted by Gasteiger charge is 2.56. The average Bonchev–Trinajstić information content (AvgIpc) is 3.28. The predicted molar refractivity (Wildman–Crippen MR) is 85.5 cm³/mol. The molecule has 6 rings (SSSR count). The van der Waals surface area contributed by atoms with Gasteiger partial charge in [0.25, 0.3) is 0 Å². The molecule has 120 valence electrons. The minimum atomic E-state index is -0.360. The van der Waals surface area contributed by atoms with Crippen molar-refractivity contribution in [3.05, 3.63) is 23.0 Å². The smallest absolute Gasteiger partial charge is 0.417 e. The van der Waals surface area contributed by atoms with Crippen molar-refractivity contribution in [2.45, 2.75) is 18.4 Å². The molecule has 2 bridgehead atoms. The van der Waals surface area contributed by atoms with Gasteiger partial charge in [-0.2, -0.15) is 0 Å². The quantitative estimate of drug-likeness (QED) is 0.847. The van der Waals surface area contributed by atoms with Crippen LogP contribution in [0.2, 0.25) is 0 Å². The van der Waals surface area contributed by atoms with Gasteiger partial charge in [-0.15, -0.1) is 11.3 Å². The van der Waals surface area contributed by atoms with E-state index >= 15 is 0 Å². The first-order valence-electron chi connectivity index (χ1n) is 7.95. The number of carbonyl (C=O) groups excluding carboxylic acids is 1. The van der Waals surface area contributed by atoms with Gasteiger partial charge in [0.05, 0.1) is 12.1 Å². The maximum Gasteiger partial charge on any atom is 0.417 e. The van der Waals surface area contributed by atoms with Crippen LogP contribution in [0.25, 0.3) is 11.5 Å². The zero-order chi connectivity index (χ0) is 15.4. The highest BCUT2D eigenvalue weighted by molar-refractivity contribution is 7.07. The summed E-state index contributed by atoms with van der Waals surface area (Å²) in [6.45, 7) is 3.67. The third-order valence-corrected chi connectivity index (χ3v) is 5.89. The highest BCUT2D eigenvalue weighted by Crippen LogP contribution is 2.43. The Balaban J connectivity index is 1.43. The molecule has 7 heteroatoms. The average molecular weight is 331 g/mol. The molecule has 4 fully saturated rings. The normalized spacial score (nSPS) is 32.7. The summed E-state index contributed by atoms with van der Waals surface area (Å²) in [5.41, 5.74) is 2.21. The predicted octanol–water partition coefficient (Wildman–Crippen LogP) is 2.82. The van der Waals surface area contributed by atoms with E-state index in [1.54, 1.807) is 10.4 Å². The zero-order valence-electron chi connectivity index (χ0n) is 12.6. The van der Waals surface area contributed by atoms with Crippen molar-refractivity contribution in [3.8, 4) is 11.5 Å². The molecule has 0 aliphatic carbocycles. The molecule has 0 radical (unpaired) electrons. The fourth-order valence-electron chi connectivity index (χ4n) is 4.13.